The molecule has 2 saturated heterocycles. The number of hydrogen-bond donors (Lipinski definition) is 0. The molecule has 0 N–H and O–H groups in total. The highest BCUT2D eigenvalue weighted by Gasteiger charge is 2.24. The summed E-state index contributed by atoms with van der Waals surface area (Å²) in [4.78, 5) is 7.77. The van der Waals surface area contributed by atoms with E-state index in [1.807, 2.05) is 0 Å². The van der Waals surface area contributed by atoms with Crippen LogP contribution in [0.4, 0.5) is 0 Å². The predicted octanol–water partition coefficient (Wildman–Crippen LogP) is 2.38. The minimum atomic E-state index is 0.718. The van der Waals surface area contributed by atoms with Crippen molar-refractivity contribution in [2.45, 2.75) is 46.1 Å². The lowest BCUT2D eigenvalue weighted by Gasteiger charge is -2.38. The summed E-state index contributed by atoms with van der Waals surface area (Å²) in [5.74, 6) is 1.88. The van der Waals surface area contributed by atoms with Gasteiger partial charge in [0.2, 0.25) is 0 Å². The van der Waals surface area contributed by atoms with E-state index in [1.165, 1.54) is 65.1 Å². The molecule has 2 rings (SSSR count). The lowest BCUT2D eigenvalue weighted by atomic mass is 9.83. The Balaban J connectivity index is 1.63. The largest absolute Gasteiger partial charge is 0.306 e. The summed E-state index contributed by atoms with van der Waals surface area (Å²) in [6.45, 7) is 16.1. The van der Waals surface area contributed by atoms with Crippen molar-refractivity contribution in [3.8, 4) is 0 Å². The van der Waals surface area contributed by atoms with Crippen LogP contribution in [0.1, 0.15) is 40.0 Å². The average Bonchev–Trinajstić information content (AvgIpc) is 2.46. The van der Waals surface area contributed by atoms with E-state index in [9.17, 15) is 0 Å². The first-order valence-corrected chi connectivity index (χ1v) is 8.71. The molecule has 2 aliphatic heterocycles. The predicted molar refractivity (Wildman–Crippen MR) is 87.2 cm³/mol. The van der Waals surface area contributed by atoms with Gasteiger partial charge in [0.1, 0.15) is 0 Å². The Morgan fingerprint density at radius 2 is 1.50 bits per heavy atom. The molecular formula is C17H35N3. The summed E-state index contributed by atoms with van der Waals surface area (Å²) in [6, 6.07) is 0.718. The zero-order valence-corrected chi connectivity index (χ0v) is 14.1. The highest BCUT2D eigenvalue weighted by atomic mass is 15.3. The molecule has 0 aliphatic carbocycles. The van der Waals surface area contributed by atoms with Crippen LogP contribution in [-0.4, -0.2) is 73.6 Å². The van der Waals surface area contributed by atoms with Gasteiger partial charge in [-0.2, -0.15) is 0 Å². The molecule has 2 heterocycles. The first-order chi connectivity index (χ1) is 9.56. The SMILES string of the molecule is CC(CCN1CCN(C(C)C)CC1)C1CCN(C)CC1. The highest BCUT2D eigenvalue weighted by molar-refractivity contribution is 4.78. The number of piperidine rings is 1. The van der Waals surface area contributed by atoms with Crippen LogP contribution in [-0.2, 0) is 0 Å². The fraction of sp³-hybridized carbons (Fsp3) is 1.00. The third-order valence-electron chi connectivity index (χ3n) is 5.61. The number of nitrogens with zero attached hydrogens (tertiary/aromatic N) is 3. The van der Waals surface area contributed by atoms with Gasteiger partial charge in [-0.1, -0.05) is 6.92 Å². The molecule has 0 radical (unpaired) electrons. The molecule has 0 amide bonds. The molecule has 3 heteroatoms. The molecule has 2 aliphatic rings. The average molecular weight is 281 g/mol. The van der Waals surface area contributed by atoms with Crippen molar-refractivity contribution in [1.29, 1.82) is 0 Å². The van der Waals surface area contributed by atoms with Crippen molar-refractivity contribution in [1.82, 2.24) is 14.7 Å². The normalized spacial score (nSPS) is 26.2. The lowest BCUT2D eigenvalue weighted by molar-refractivity contribution is 0.0973. The van der Waals surface area contributed by atoms with Crippen LogP contribution in [0.3, 0.4) is 0 Å². The summed E-state index contributed by atoms with van der Waals surface area (Å²) in [5, 5.41) is 0. The van der Waals surface area contributed by atoms with Crippen LogP contribution in [0.25, 0.3) is 0 Å². The standard InChI is InChI=1S/C17H35N3/c1-15(2)20-13-11-19(12-14-20)10-5-16(3)17-6-8-18(4)9-7-17/h15-17H,5-14H2,1-4H3. The van der Waals surface area contributed by atoms with Gasteiger partial charge in [-0.25, -0.2) is 0 Å². The van der Waals surface area contributed by atoms with E-state index in [0.29, 0.717) is 0 Å². The minimum Gasteiger partial charge on any atom is -0.306 e. The lowest BCUT2D eigenvalue weighted by Crippen LogP contribution is -2.49. The zero-order valence-electron chi connectivity index (χ0n) is 14.1. The summed E-state index contributed by atoms with van der Waals surface area (Å²) in [6.07, 6.45) is 4.23. The molecule has 2 fully saturated rings. The molecule has 0 saturated carbocycles. The maximum absolute atomic E-state index is 2.68. The van der Waals surface area contributed by atoms with Crippen LogP contribution in [0, 0.1) is 11.8 Å². The Hall–Kier alpha value is -0.120. The molecule has 0 aromatic heterocycles. The fourth-order valence-corrected chi connectivity index (χ4v) is 3.72. The van der Waals surface area contributed by atoms with E-state index in [2.05, 4.69) is 42.5 Å². The summed E-state index contributed by atoms with van der Waals surface area (Å²) < 4.78 is 0. The van der Waals surface area contributed by atoms with E-state index in [0.717, 1.165) is 17.9 Å². The van der Waals surface area contributed by atoms with Gasteiger partial charge >= 0.3 is 0 Å². The van der Waals surface area contributed by atoms with E-state index in [1.54, 1.807) is 0 Å². The summed E-state index contributed by atoms with van der Waals surface area (Å²) in [7, 11) is 2.26. The first kappa shape index (κ1) is 16.3. The van der Waals surface area contributed by atoms with Crippen molar-refractivity contribution >= 4 is 0 Å². The van der Waals surface area contributed by atoms with E-state index < -0.39 is 0 Å². The third-order valence-corrected chi connectivity index (χ3v) is 5.61. The second-order valence-corrected chi connectivity index (χ2v) is 7.38. The maximum atomic E-state index is 2.68. The molecule has 1 atom stereocenters. The van der Waals surface area contributed by atoms with Crippen molar-refractivity contribution in [3.63, 3.8) is 0 Å². The van der Waals surface area contributed by atoms with Gasteiger partial charge in [0.25, 0.3) is 0 Å². The monoisotopic (exact) mass is 281 g/mol. The minimum absolute atomic E-state index is 0.718. The van der Waals surface area contributed by atoms with Gasteiger partial charge in [0, 0.05) is 32.2 Å². The van der Waals surface area contributed by atoms with Crippen molar-refractivity contribution in [2.75, 3.05) is 52.9 Å². The van der Waals surface area contributed by atoms with E-state index in [-0.39, 0.29) is 0 Å². The molecule has 0 aromatic carbocycles. The van der Waals surface area contributed by atoms with Gasteiger partial charge in [0.05, 0.1) is 0 Å². The maximum Gasteiger partial charge on any atom is 0.0113 e. The van der Waals surface area contributed by atoms with Crippen LogP contribution < -0.4 is 0 Å². The van der Waals surface area contributed by atoms with Crippen LogP contribution in [0.5, 0.6) is 0 Å². The van der Waals surface area contributed by atoms with Crippen LogP contribution >= 0.6 is 0 Å². The highest BCUT2D eigenvalue weighted by Crippen LogP contribution is 2.26. The smallest absolute Gasteiger partial charge is 0.0113 e. The molecule has 20 heavy (non-hydrogen) atoms. The second kappa shape index (κ2) is 7.77. The molecule has 118 valence electrons. The Morgan fingerprint density at radius 3 is 2.05 bits per heavy atom. The first-order valence-electron chi connectivity index (χ1n) is 8.71. The van der Waals surface area contributed by atoms with Crippen LogP contribution in [0.2, 0.25) is 0 Å². The van der Waals surface area contributed by atoms with Crippen molar-refractivity contribution < 1.29 is 0 Å². The number of piperazine rings is 1. The van der Waals surface area contributed by atoms with Gasteiger partial charge < -0.3 is 9.80 Å². The molecule has 0 aromatic rings. The second-order valence-electron chi connectivity index (χ2n) is 7.38. The Morgan fingerprint density at radius 1 is 0.900 bits per heavy atom. The Bertz CT molecular complexity index is 263. The summed E-state index contributed by atoms with van der Waals surface area (Å²) >= 11 is 0. The van der Waals surface area contributed by atoms with Gasteiger partial charge in [-0.3, -0.25) is 4.90 Å². The number of likely N-dealkylation sites (tertiary alicyclic amines) is 1. The van der Waals surface area contributed by atoms with Gasteiger partial charge in [0.15, 0.2) is 0 Å². The molecule has 0 spiro atoms. The molecule has 1 unspecified atom stereocenters. The molecule has 0 bridgehead atoms. The Labute approximate surface area is 126 Å². The quantitative estimate of drug-likeness (QED) is 0.766. The fourth-order valence-electron chi connectivity index (χ4n) is 3.72. The summed E-state index contributed by atoms with van der Waals surface area (Å²) in [5.41, 5.74) is 0. The third kappa shape index (κ3) is 4.71. The van der Waals surface area contributed by atoms with Crippen molar-refractivity contribution in [3.05, 3.63) is 0 Å². The zero-order chi connectivity index (χ0) is 14.5. The van der Waals surface area contributed by atoms with Crippen molar-refractivity contribution in [2.24, 2.45) is 11.8 Å². The topological polar surface area (TPSA) is 9.72 Å². The molecular weight excluding hydrogens is 246 g/mol. The van der Waals surface area contributed by atoms with E-state index >= 15 is 0 Å². The number of hydrogen-bond acceptors (Lipinski definition) is 3. The number of rotatable bonds is 5. The van der Waals surface area contributed by atoms with Gasteiger partial charge in [-0.05, 0) is 71.6 Å². The Kier molecular flexibility index (Phi) is 6.31. The van der Waals surface area contributed by atoms with E-state index in [4.69, 9.17) is 0 Å². The van der Waals surface area contributed by atoms with Gasteiger partial charge in [-0.15, -0.1) is 0 Å². The molecule has 3 nitrogen and oxygen atoms in total. The van der Waals surface area contributed by atoms with Crippen LogP contribution in [0.15, 0.2) is 0 Å².